The lowest BCUT2D eigenvalue weighted by Crippen LogP contribution is -2.22. The number of nitrogens with one attached hydrogen (secondary N) is 1. The number of hydrogen-bond acceptors (Lipinski definition) is 6. The monoisotopic (exact) mass is 424 g/mol. The van der Waals surface area contributed by atoms with Crippen molar-refractivity contribution in [2.75, 3.05) is 0 Å². The molecular weight excluding hydrogens is 408 g/mol. The summed E-state index contributed by atoms with van der Waals surface area (Å²) < 4.78 is 22.7. The van der Waals surface area contributed by atoms with E-state index in [1.54, 1.807) is 35.2 Å². The fraction of sp³-hybridized carbons (Fsp3) is 0.118. The number of thioether (sulfide) groups is 1. The molecule has 3 N–H and O–H groups in total. The van der Waals surface area contributed by atoms with Crippen LogP contribution in [0, 0.1) is 0 Å². The molecule has 26 heavy (non-hydrogen) atoms. The normalized spacial score (nSPS) is 11.4. The van der Waals surface area contributed by atoms with Gasteiger partial charge in [0.25, 0.3) is 5.91 Å². The summed E-state index contributed by atoms with van der Waals surface area (Å²) in [5.41, 5.74) is 0.609. The Hall–Kier alpha value is -1.65. The molecule has 0 saturated heterocycles. The Balaban J connectivity index is 1.65. The predicted octanol–water partition coefficient (Wildman–Crippen LogP) is 3.68. The van der Waals surface area contributed by atoms with Crippen molar-refractivity contribution >= 4 is 50.4 Å². The summed E-state index contributed by atoms with van der Waals surface area (Å²) >= 11 is 4.37. The Labute approximate surface area is 164 Å². The number of rotatable bonds is 7. The summed E-state index contributed by atoms with van der Waals surface area (Å²) in [6, 6.07) is 14.6. The second-order valence-corrected chi connectivity index (χ2v) is 10.3. The van der Waals surface area contributed by atoms with E-state index in [1.807, 2.05) is 29.6 Å². The molecule has 136 valence electrons. The lowest BCUT2D eigenvalue weighted by Gasteiger charge is -2.09. The first-order valence-electron chi connectivity index (χ1n) is 7.57. The van der Waals surface area contributed by atoms with E-state index in [2.05, 4.69) is 11.4 Å². The summed E-state index contributed by atoms with van der Waals surface area (Å²) in [4.78, 5) is 15.4. The first kappa shape index (κ1) is 19.1. The van der Waals surface area contributed by atoms with Crippen molar-refractivity contribution in [2.24, 2.45) is 5.14 Å². The Kier molecular flexibility index (Phi) is 6.15. The van der Waals surface area contributed by atoms with Crippen LogP contribution in [0.15, 0.2) is 63.0 Å². The maximum atomic E-state index is 12.5. The number of sulfonamides is 1. The van der Waals surface area contributed by atoms with Gasteiger partial charge in [-0.2, -0.15) is 0 Å². The minimum Gasteiger partial charge on any atom is -0.347 e. The molecule has 0 aliphatic rings. The maximum Gasteiger partial charge on any atom is 0.252 e. The van der Waals surface area contributed by atoms with Gasteiger partial charge in [0, 0.05) is 20.4 Å². The molecule has 5 nitrogen and oxygen atoms in total. The molecule has 0 bridgehead atoms. The van der Waals surface area contributed by atoms with Gasteiger partial charge in [0.2, 0.25) is 10.0 Å². The van der Waals surface area contributed by atoms with Gasteiger partial charge in [-0.3, -0.25) is 4.79 Å². The lowest BCUT2D eigenvalue weighted by molar-refractivity contribution is 0.0948. The van der Waals surface area contributed by atoms with Crippen LogP contribution < -0.4 is 10.5 Å². The average molecular weight is 425 g/mol. The van der Waals surface area contributed by atoms with Crippen molar-refractivity contribution in [3.05, 3.63) is 69.2 Å². The van der Waals surface area contributed by atoms with Crippen LogP contribution in [-0.4, -0.2) is 14.3 Å². The zero-order chi connectivity index (χ0) is 18.6. The highest BCUT2D eigenvalue weighted by Gasteiger charge is 2.14. The third-order valence-electron chi connectivity index (χ3n) is 3.42. The van der Waals surface area contributed by atoms with Gasteiger partial charge in [0.1, 0.15) is 4.21 Å². The molecule has 1 aromatic carbocycles. The molecule has 2 aromatic heterocycles. The fourth-order valence-corrected chi connectivity index (χ4v) is 5.73. The quantitative estimate of drug-likeness (QED) is 0.566. The van der Waals surface area contributed by atoms with Gasteiger partial charge in [-0.25, -0.2) is 13.6 Å². The number of hydrogen-bond donors (Lipinski definition) is 2. The first-order valence-corrected chi connectivity index (χ1v) is 11.8. The molecule has 0 unspecified atom stereocenters. The number of amides is 1. The van der Waals surface area contributed by atoms with Crippen molar-refractivity contribution in [1.29, 1.82) is 0 Å². The summed E-state index contributed by atoms with van der Waals surface area (Å²) in [7, 11) is -3.70. The zero-order valence-electron chi connectivity index (χ0n) is 13.5. The van der Waals surface area contributed by atoms with E-state index in [9.17, 15) is 13.2 Å². The minimum atomic E-state index is -3.70. The van der Waals surface area contributed by atoms with Gasteiger partial charge in [0.05, 0.1) is 12.1 Å². The van der Waals surface area contributed by atoms with E-state index in [0.29, 0.717) is 5.56 Å². The molecule has 2 heterocycles. The summed E-state index contributed by atoms with van der Waals surface area (Å²) in [6.07, 6.45) is 0. The lowest BCUT2D eigenvalue weighted by atomic mass is 10.2. The summed E-state index contributed by atoms with van der Waals surface area (Å²) in [5.74, 6) is 0.620. The molecule has 0 spiro atoms. The highest BCUT2D eigenvalue weighted by atomic mass is 32.2. The van der Waals surface area contributed by atoms with Crippen molar-refractivity contribution in [1.82, 2.24) is 5.32 Å². The van der Waals surface area contributed by atoms with Crippen LogP contribution in [0.2, 0.25) is 0 Å². The number of primary sulfonamides is 1. The smallest absolute Gasteiger partial charge is 0.252 e. The largest absolute Gasteiger partial charge is 0.347 e. The molecule has 0 fully saturated rings. The van der Waals surface area contributed by atoms with Gasteiger partial charge in [-0.1, -0.05) is 18.2 Å². The molecule has 1 amide bonds. The van der Waals surface area contributed by atoms with Crippen molar-refractivity contribution < 1.29 is 13.2 Å². The number of nitrogens with two attached hydrogens (primary N) is 1. The summed E-state index contributed by atoms with van der Waals surface area (Å²) in [5, 5.41) is 9.98. The molecule has 3 aromatic rings. The Bertz CT molecular complexity index is 995. The molecule has 3 rings (SSSR count). The number of carbonyl (C=O) groups excluding carboxylic acids is 1. The average Bonchev–Trinajstić information content (AvgIpc) is 3.29. The van der Waals surface area contributed by atoms with Crippen LogP contribution in [-0.2, 0) is 22.3 Å². The molecule has 0 radical (unpaired) electrons. The van der Waals surface area contributed by atoms with Gasteiger partial charge in [-0.15, -0.1) is 34.4 Å². The van der Waals surface area contributed by atoms with Crippen LogP contribution in [0.4, 0.5) is 0 Å². The first-order chi connectivity index (χ1) is 12.4. The second-order valence-electron chi connectivity index (χ2n) is 5.31. The Morgan fingerprint density at radius 2 is 1.88 bits per heavy atom. The Morgan fingerprint density at radius 3 is 2.58 bits per heavy atom. The highest BCUT2D eigenvalue weighted by molar-refractivity contribution is 7.98. The van der Waals surface area contributed by atoms with E-state index >= 15 is 0 Å². The summed E-state index contributed by atoms with van der Waals surface area (Å²) in [6.45, 7) is 0.253. The van der Waals surface area contributed by atoms with Crippen molar-refractivity contribution in [3.8, 4) is 0 Å². The Morgan fingerprint density at radius 1 is 1.08 bits per heavy atom. The fourth-order valence-electron chi connectivity index (χ4n) is 2.19. The van der Waals surface area contributed by atoms with E-state index in [0.717, 1.165) is 26.9 Å². The third-order valence-corrected chi connectivity index (χ3v) is 8.13. The molecule has 0 saturated carbocycles. The van der Waals surface area contributed by atoms with E-state index in [1.165, 1.54) is 10.9 Å². The molecule has 0 aliphatic carbocycles. The van der Waals surface area contributed by atoms with Crippen LogP contribution in [0.25, 0.3) is 0 Å². The van der Waals surface area contributed by atoms with Crippen LogP contribution >= 0.6 is 34.4 Å². The van der Waals surface area contributed by atoms with Gasteiger partial charge in [0.15, 0.2) is 0 Å². The molecule has 0 atom stereocenters. The predicted molar refractivity (Wildman–Crippen MR) is 107 cm³/mol. The molecular formula is C17H16N2O3S4. The minimum absolute atomic E-state index is 0.0913. The van der Waals surface area contributed by atoms with Crippen LogP contribution in [0.1, 0.15) is 20.1 Å². The maximum absolute atomic E-state index is 12.5. The zero-order valence-corrected chi connectivity index (χ0v) is 16.8. The second kappa shape index (κ2) is 8.36. The molecule has 9 heteroatoms. The number of carbonyl (C=O) groups is 1. The van der Waals surface area contributed by atoms with Crippen molar-refractivity contribution in [3.63, 3.8) is 0 Å². The highest BCUT2D eigenvalue weighted by Crippen LogP contribution is 2.28. The van der Waals surface area contributed by atoms with Gasteiger partial charge < -0.3 is 5.32 Å². The van der Waals surface area contributed by atoms with Gasteiger partial charge in [-0.05, 0) is 35.7 Å². The van der Waals surface area contributed by atoms with Gasteiger partial charge >= 0.3 is 0 Å². The third kappa shape index (κ3) is 4.95. The van der Waals surface area contributed by atoms with Crippen molar-refractivity contribution in [2.45, 2.75) is 21.4 Å². The standard InChI is InChI=1S/C17H16N2O3S4/c18-26(21,22)16-8-7-12(25-16)10-19-17(20)14-5-1-2-6-15(14)24-11-13-4-3-9-23-13/h1-9H,10-11H2,(H,19,20)(H2,18,21,22). The van der Waals surface area contributed by atoms with E-state index < -0.39 is 10.0 Å². The van der Waals surface area contributed by atoms with E-state index in [-0.39, 0.29) is 16.7 Å². The number of thiophene rings is 2. The molecule has 0 aliphatic heterocycles. The van der Waals surface area contributed by atoms with Crippen LogP contribution in [0.3, 0.4) is 0 Å². The van der Waals surface area contributed by atoms with Crippen LogP contribution in [0.5, 0.6) is 0 Å². The van der Waals surface area contributed by atoms with E-state index in [4.69, 9.17) is 5.14 Å². The SMILES string of the molecule is NS(=O)(=O)c1ccc(CNC(=O)c2ccccc2SCc2cccs2)s1. The topological polar surface area (TPSA) is 89.3 Å². The number of benzene rings is 1.